The van der Waals surface area contributed by atoms with Crippen molar-refractivity contribution in [1.82, 2.24) is 15.3 Å². The summed E-state index contributed by atoms with van der Waals surface area (Å²) >= 11 is 1.67. The van der Waals surface area contributed by atoms with E-state index in [0.717, 1.165) is 23.7 Å². The van der Waals surface area contributed by atoms with Crippen LogP contribution in [-0.2, 0) is 0 Å². The van der Waals surface area contributed by atoms with Crippen LogP contribution in [0.2, 0.25) is 0 Å². The van der Waals surface area contributed by atoms with E-state index in [2.05, 4.69) is 40.5 Å². The second-order valence-corrected chi connectivity index (χ2v) is 8.49. The molecular weight excluding hydrogens is 411 g/mol. The number of rotatable bonds is 7. The highest BCUT2D eigenvalue weighted by molar-refractivity contribution is 7.09. The topological polar surface area (TPSA) is 76.9 Å². The summed E-state index contributed by atoms with van der Waals surface area (Å²) in [5.41, 5.74) is 3.59. The van der Waals surface area contributed by atoms with Crippen LogP contribution < -0.4 is 15.5 Å². The van der Waals surface area contributed by atoms with E-state index in [1.165, 1.54) is 12.3 Å². The summed E-state index contributed by atoms with van der Waals surface area (Å²) in [5.74, 6) is -0.534. The fourth-order valence-electron chi connectivity index (χ4n) is 2.77. The lowest BCUT2D eigenvalue weighted by molar-refractivity contribution is 0.578. The molecule has 0 aliphatic heterocycles. The number of hydrogen-bond donors (Lipinski definition) is 2. The Balaban J connectivity index is 0. The number of aryl methyl sites for hydroxylation is 2. The highest BCUT2D eigenvalue weighted by Crippen LogP contribution is 2.29. The van der Waals surface area contributed by atoms with Crippen LogP contribution in [0.4, 0.5) is 21.5 Å². The fourth-order valence-corrected chi connectivity index (χ4v) is 3.21. The van der Waals surface area contributed by atoms with Gasteiger partial charge in [-0.15, -0.1) is 11.3 Å². The van der Waals surface area contributed by atoms with Gasteiger partial charge in [-0.25, -0.2) is 4.98 Å². The summed E-state index contributed by atoms with van der Waals surface area (Å²) in [5, 5.41) is 19.0. The first-order valence-corrected chi connectivity index (χ1v) is 10.9. The molecule has 0 aliphatic rings. The van der Waals surface area contributed by atoms with Crippen molar-refractivity contribution in [3.8, 4) is 6.07 Å². The van der Waals surface area contributed by atoms with Gasteiger partial charge in [-0.2, -0.15) is 9.65 Å². The van der Waals surface area contributed by atoms with E-state index >= 15 is 0 Å². The molecule has 0 atom stereocenters. The number of thiazole rings is 1. The first-order valence-electron chi connectivity index (χ1n) is 10.0. The number of benzene rings is 1. The Labute approximate surface area is 192 Å². The number of pyridine rings is 1. The first-order chi connectivity index (χ1) is 14.8. The lowest BCUT2D eigenvalue weighted by atomic mass is 10.1. The zero-order chi connectivity index (χ0) is 22.8. The number of nitrogens with zero attached hydrogens (tertiary/aromatic N) is 4. The molecule has 0 aliphatic carbocycles. The minimum atomic E-state index is -0.534. The summed E-state index contributed by atoms with van der Waals surface area (Å²) in [7, 11) is 1.91. The first kappa shape index (κ1) is 24.3. The van der Waals surface area contributed by atoms with Crippen LogP contribution >= 0.6 is 11.3 Å². The number of likely N-dealkylation sites (N-methyl/N-ethyl adjacent to an activating group) is 1. The third-order valence-corrected chi connectivity index (χ3v) is 5.08. The van der Waals surface area contributed by atoms with Gasteiger partial charge in [0.2, 0.25) is 5.95 Å². The molecule has 0 bridgehead atoms. The molecule has 0 radical (unpaired) electrons. The Morgan fingerprint density at radius 1 is 1.23 bits per heavy atom. The zero-order valence-electron chi connectivity index (χ0n) is 18.6. The molecular formula is C23H35FN6S. The number of aromatic nitrogens is 2. The van der Waals surface area contributed by atoms with E-state index in [-0.39, 0.29) is 4.28 Å². The minimum absolute atomic E-state index is 0. The van der Waals surface area contributed by atoms with Crippen LogP contribution in [0.1, 0.15) is 34.3 Å². The predicted molar refractivity (Wildman–Crippen MR) is 133 cm³/mol. The predicted octanol–water partition coefficient (Wildman–Crippen LogP) is 5.77. The van der Waals surface area contributed by atoms with Gasteiger partial charge in [0.05, 0.1) is 33.8 Å². The van der Waals surface area contributed by atoms with Crippen LogP contribution in [0.3, 0.4) is 0 Å². The average Bonchev–Trinajstić information content (AvgIpc) is 3.21. The number of nitriles is 1. The smallest absolute Gasteiger partial charge is 0.215 e. The van der Waals surface area contributed by atoms with Gasteiger partial charge in [0.25, 0.3) is 0 Å². The third kappa shape index (κ3) is 7.96. The van der Waals surface area contributed by atoms with Crippen LogP contribution in [0.25, 0.3) is 0 Å². The average molecular weight is 447 g/mol. The van der Waals surface area contributed by atoms with E-state index in [1.807, 2.05) is 49.4 Å². The number of nitrogens with one attached hydrogen (secondary N) is 2. The number of anilines is 3. The van der Waals surface area contributed by atoms with Gasteiger partial charge < -0.3 is 15.5 Å². The van der Waals surface area contributed by atoms with Crippen LogP contribution in [0.15, 0.2) is 42.0 Å². The lowest BCUT2D eigenvalue weighted by Gasteiger charge is -2.23. The number of hydrogen-bond acceptors (Lipinski definition) is 7. The molecule has 170 valence electrons. The van der Waals surface area contributed by atoms with Gasteiger partial charge in [0.1, 0.15) is 6.07 Å². The molecule has 2 aromatic heterocycles. The Kier molecular flexibility index (Phi) is 9.38. The Morgan fingerprint density at radius 3 is 2.58 bits per heavy atom. The molecule has 0 unspecified atom stereocenters. The Hall–Kier alpha value is -3.02. The van der Waals surface area contributed by atoms with Gasteiger partial charge in [-0.05, 0) is 31.5 Å². The monoisotopic (exact) mass is 446 g/mol. The van der Waals surface area contributed by atoms with Crippen molar-refractivity contribution >= 4 is 28.4 Å². The molecule has 0 saturated carbocycles. The summed E-state index contributed by atoms with van der Waals surface area (Å²) in [4.78, 5) is 9.64. The van der Waals surface area contributed by atoms with E-state index in [0.29, 0.717) is 28.7 Å². The maximum Gasteiger partial charge on any atom is 0.215 e. The second-order valence-electron chi connectivity index (χ2n) is 7.39. The van der Waals surface area contributed by atoms with Crippen molar-refractivity contribution in [3.05, 3.63) is 64.1 Å². The molecule has 3 aromatic rings. The molecule has 0 fully saturated rings. The van der Waals surface area contributed by atoms with Crippen molar-refractivity contribution in [2.24, 2.45) is 0 Å². The quantitative estimate of drug-likeness (QED) is 0.449. The maximum atomic E-state index is 13.7. The minimum Gasteiger partial charge on any atom is -0.371 e. The van der Waals surface area contributed by atoms with Gasteiger partial charge in [0, 0.05) is 48.1 Å². The van der Waals surface area contributed by atoms with E-state index < -0.39 is 5.95 Å². The van der Waals surface area contributed by atoms with Gasteiger partial charge >= 0.3 is 0 Å². The molecule has 2 N–H and O–H groups in total. The summed E-state index contributed by atoms with van der Waals surface area (Å²) in [6, 6.07) is 9.57. The molecule has 1 aromatic carbocycles. The van der Waals surface area contributed by atoms with E-state index in [9.17, 15) is 9.65 Å². The molecule has 0 saturated heterocycles. The number of halogens is 1. The second kappa shape index (κ2) is 12.0. The SMILES string of the molecule is Cc1ccc(Nc2cnc(F)cc2N(C)CCNC(C)C)c(C#N)c1.Cc1nccs1.[HH].[HH].[HH]. The molecule has 3 rings (SSSR count). The van der Waals surface area contributed by atoms with Crippen molar-refractivity contribution in [2.75, 3.05) is 30.4 Å². The van der Waals surface area contributed by atoms with E-state index in [4.69, 9.17) is 0 Å². The van der Waals surface area contributed by atoms with Crippen molar-refractivity contribution in [1.29, 1.82) is 5.26 Å². The van der Waals surface area contributed by atoms with Crippen molar-refractivity contribution < 1.29 is 8.67 Å². The molecule has 8 heteroatoms. The Bertz CT molecular complexity index is 1010. The summed E-state index contributed by atoms with van der Waals surface area (Å²) in [6.45, 7) is 9.59. The van der Waals surface area contributed by atoms with Crippen molar-refractivity contribution in [2.45, 2.75) is 33.7 Å². The molecule has 6 nitrogen and oxygen atoms in total. The van der Waals surface area contributed by atoms with Gasteiger partial charge in [-0.1, -0.05) is 19.9 Å². The highest BCUT2D eigenvalue weighted by Gasteiger charge is 2.12. The highest BCUT2D eigenvalue weighted by atomic mass is 32.1. The standard InChI is InChI=1S/C19H24FN5.C4H5NS.3H2/c1-13(2)22-7-8-25(4)18-10-19(20)23-12-17(18)24-16-6-5-14(3)9-15(16)11-21;1-4-5-2-3-6-4;;;/h5-6,9-10,12-13,22,24H,7-8H2,1-4H3;2-3H,1H3;3*1H. The Morgan fingerprint density at radius 2 is 2.00 bits per heavy atom. The zero-order valence-corrected chi connectivity index (χ0v) is 19.4. The van der Waals surface area contributed by atoms with E-state index in [1.54, 1.807) is 17.5 Å². The van der Waals surface area contributed by atoms with Gasteiger partial charge in [-0.3, -0.25) is 4.98 Å². The third-order valence-electron chi connectivity index (χ3n) is 4.38. The van der Waals surface area contributed by atoms with Crippen LogP contribution in [0.5, 0.6) is 0 Å². The normalized spacial score (nSPS) is 10.3. The van der Waals surface area contributed by atoms with Crippen molar-refractivity contribution in [3.63, 3.8) is 0 Å². The largest absolute Gasteiger partial charge is 0.371 e. The van der Waals surface area contributed by atoms with Crippen LogP contribution in [0, 0.1) is 31.1 Å². The summed E-state index contributed by atoms with van der Waals surface area (Å²) < 4.78 is 13.7. The van der Waals surface area contributed by atoms with Crippen LogP contribution in [-0.4, -0.2) is 36.1 Å². The fraction of sp³-hybridized carbons (Fsp3) is 0.348. The molecule has 0 amide bonds. The molecule has 0 spiro atoms. The maximum absolute atomic E-state index is 13.7. The van der Waals surface area contributed by atoms with Gasteiger partial charge in [0.15, 0.2) is 0 Å². The molecule has 31 heavy (non-hydrogen) atoms. The lowest BCUT2D eigenvalue weighted by Crippen LogP contribution is -2.33. The molecule has 2 heterocycles. The summed E-state index contributed by atoms with van der Waals surface area (Å²) in [6.07, 6.45) is 3.26.